The van der Waals surface area contributed by atoms with E-state index in [0.29, 0.717) is 17.4 Å². The molecule has 0 saturated carbocycles. The Morgan fingerprint density at radius 1 is 1.31 bits per heavy atom. The van der Waals surface area contributed by atoms with Crippen molar-refractivity contribution in [3.05, 3.63) is 59.2 Å². The molecule has 29 heavy (non-hydrogen) atoms. The first-order valence-corrected chi connectivity index (χ1v) is 9.82. The monoisotopic (exact) mass is 417 g/mol. The number of carboxylic acids is 1. The maximum atomic E-state index is 12.6. The first-order valence-electron chi connectivity index (χ1n) is 8.94. The fraction of sp³-hybridized carbons (Fsp3) is 0.250. The second-order valence-corrected chi connectivity index (χ2v) is 7.46. The smallest absolute Gasteiger partial charge is 0.355 e. The van der Waals surface area contributed by atoms with E-state index >= 15 is 0 Å². The van der Waals surface area contributed by atoms with E-state index in [4.69, 9.17) is 9.84 Å². The van der Waals surface area contributed by atoms with Gasteiger partial charge < -0.3 is 14.7 Å². The van der Waals surface area contributed by atoms with Crippen LogP contribution < -0.4 is 9.64 Å². The summed E-state index contributed by atoms with van der Waals surface area (Å²) in [5.74, 6) is -0.711. The van der Waals surface area contributed by atoms with Crippen LogP contribution in [-0.4, -0.2) is 40.2 Å². The summed E-state index contributed by atoms with van der Waals surface area (Å²) in [4.78, 5) is 21.3. The number of carbonyl (C=O) groups is 1. The molecule has 1 aromatic carbocycles. The Kier molecular flexibility index (Phi) is 5.39. The lowest BCUT2D eigenvalue weighted by atomic mass is 10.2. The fourth-order valence-electron chi connectivity index (χ4n) is 3.16. The number of hydrogen-bond donors (Lipinski definition) is 1. The SMILES string of the molecule is O=C(O)c1csc(-c2cccc(N3CC[C@H](Oc4ccc(C(F)F)cn4)C3)c2)n1. The van der Waals surface area contributed by atoms with E-state index in [9.17, 15) is 13.6 Å². The van der Waals surface area contributed by atoms with Crippen LogP contribution in [0.5, 0.6) is 5.88 Å². The largest absolute Gasteiger partial charge is 0.476 e. The normalized spacial score (nSPS) is 16.4. The predicted molar refractivity (Wildman–Crippen MR) is 105 cm³/mol. The molecule has 1 saturated heterocycles. The standard InChI is InChI=1S/C20H17F2N3O3S/c21-18(22)13-4-5-17(23-9-13)28-15-6-7-25(10-15)14-3-1-2-12(8-14)19-24-16(11-29-19)20(26)27/h1-5,8-9,11,15,18H,6-7,10H2,(H,26,27)/t15-/m0/s1. The summed E-state index contributed by atoms with van der Waals surface area (Å²) in [5.41, 5.74) is 1.75. The van der Waals surface area contributed by atoms with Gasteiger partial charge in [0.05, 0.1) is 6.54 Å². The van der Waals surface area contributed by atoms with Crippen LogP contribution in [0.25, 0.3) is 10.6 Å². The minimum Gasteiger partial charge on any atom is -0.476 e. The summed E-state index contributed by atoms with van der Waals surface area (Å²) in [6.07, 6.45) is -0.726. The molecule has 0 radical (unpaired) electrons. The minimum atomic E-state index is -2.55. The van der Waals surface area contributed by atoms with Crippen molar-refractivity contribution in [3.8, 4) is 16.5 Å². The van der Waals surface area contributed by atoms with Crippen LogP contribution in [0.1, 0.15) is 28.9 Å². The van der Waals surface area contributed by atoms with Crippen molar-refractivity contribution < 1.29 is 23.4 Å². The molecule has 1 aliphatic heterocycles. The number of anilines is 1. The third kappa shape index (κ3) is 4.34. The van der Waals surface area contributed by atoms with Gasteiger partial charge in [0.2, 0.25) is 5.88 Å². The van der Waals surface area contributed by atoms with Gasteiger partial charge in [0.1, 0.15) is 11.1 Å². The molecular formula is C20H17F2N3O3S. The van der Waals surface area contributed by atoms with Gasteiger partial charge >= 0.3 is 5.97 Å². The summed E-state index contributed by atoms with van der Waals surface area (Å²) in [7, 11) is 0. The lowest BCUT2D eigenvalue weighted by Gasteiger charge is -2.19. The van der Waals surface area contributed by atoms with Crippen LogP contribution in [0.3, 0.4) is 0 Å². The molecule has 150 valence electrons. The molecule has 0 aliphatic carbocycles. The summed E-state index contributed by atoms with van der Waals surface area (Å²) in [5, 5.41) is 11.2. The summed E-state index contributed by atoms with van der Waals surface area (Å²) in [6.45, 7) is 1.42. The zero-order valence-electron chi connectivity index (χ0n) is 15.2. The fourth-order valence-corrected chi connectivity index (χ4v) is 3.95. The number of benzene rings is 1. The van der Waals surface area contributed by atoms with E-state index in [1.54, 1.807) is 0 Å². The Labute approximate surface area is 169 Å². The van der Waals surface area contributed by atoms with Crippen molar-refractivity contribution in [1.82, 2.24) is 9.97 Å². The number of carboxylic acid groups (broad SMARTS) is 1. The molecule has 1 fully saturated rings. The molecule has 2 aromatic heterocycles. The number of hydrogen-bond acceptors (Lipinski definition) is 6. The van der Waals surface area contributed by atoms with Gasteiger partial charge in [-0.25, -0.2) is 23.5 Å². The van der Waals surface area contributed by atoms with Gasteiger partial charge in [0.15, 0.2) is 5.69 Å². The number of ether oxygens (including phenoxy) is 1. The van der Waals surface area contributed by atoms with E-state index in [0.717, 1.165) is 30.4 Å². The zero-order valence-corrected chi connectivity index (χ0v) is 16.0. The summed E-state index contributed by atoms with van der Waals surface area (Å²) >= 11 is 1.29. The molecule has 4 rings (SSSR count). The number of thiazole rings is 1. The number of alkyl halides is 2. The number of halogens is 2. The first-order chi connectivity index (χ1) is 14.0. The second kappa shape index (κ2) is 8.12. The topological polar surface area (TPSA) is 75.5 Å². The van der Waals surface area contributed by atoms with Gasteiger partial charge in [-0.1, -0.05) is 12.1 Å². The Bertz CT molecular complexity index is 1010. The van der Waals surface area contributed by atoms with Crippen molar-refractivity contribution in [2.24, 2.45) is 0 Å². The number of aromatic carboxylic acids is 1. The average Bonchev–Trinajstić information content (AvgIpc) is 3.39. The van der Waals surface area contributed by atoms with Crippen molar-refractivity contribution >= 4 is 23.0 Å². The molecule has 3 heterocycles. The van der Waals surface area contributed by atoms with Gasteiger partial charge in [-0.2, -0.15) is 0 Å². The molecule has 3 aromatic rings. The van der Waals surface area contributed by atoms with Gasteiger partial charge in [-0.15, -0.1) is 11.3 Å². The number of rotatable bonds is 6. The van der Waals surface area contributed by atoms with Crippen LogP contribution in [0.4, 0.5) is 14.5 Å². The maximum Gasteiger partial charge on any atom is 0.355 e. The molecule has 1 aliphatic rings. The molecule has 9 heteroatoms. The molecule has 6 nitrogen and oxygen atoms in total. The van der Waals surface area contributed by atoms with Crippen LogP contribution in [0, 0.1) is 0 Å². The highest BCUT2D eigenvalue weighted by Gasteiger charge is 2.25. The van der Waals surface area contributed by atoms with Crippen LogP contribution in [-0.2, 0) is 0 Å². The van der Waals surface area contributed by atoms with E-state index in [1.807, 2.05) is 24.3 Å². The molecule has 0 unspecified atom stereocenters. The van der Waals surface area contributed by atoms with E-state index in [-0.39, 0.29) is 17.4 Å². The molecule has 0 amide bonds. The van der Waals surface area contributed by atoms with E-state index in [1.165, 1.54) is 28.8 Å². The third-order valence-electron chi connectivity index (χ3n) is 4.63. The lowest BCUT2D eigenvalue weighted by molar-refractivity contribution is 0.0691. The Balaban J connectivity index is 1.43. The number of nitrogens with zero attached hydrogens (tertiary/aromatic N) is 3. The summed E-state index contributed by atoms with van der Waals surface area (Å²) in [6, 6.07) is 10.5. The van der Waals surface area contributed by atoms with Crippen LogP contribution in [0.2, 0.25) is 0 Å². The number of pyridine rings is 1. The Morgan fingerprint density at radius 3 is 2.86 bits per heavy atom. The van der Waals surface area contributed by atoms with E-state index < -0.39 is 12.4 Å². The number of aromatic nitrogens is 2. The van der Waals surface area contributed by atoms with Gasteiger partial charge in [0, 0.05) is 47.4 Å². The van der Waals surface area contributed by atoms with Gasteiger partial charge in [-0.3, -0.25) is 0 Å². The molecule has 1 N–H and O–H groups in total. The van der Waals surface area contributed by atoms with Crippen molar-refractivity contribution in [1.29, 1.82) is 0 Å². The van der Waals surface area contributed by atoms with Crippen molar-refractivity contribution in [2.45, 2.75) is 19.0 Å². The average molecular weight is 417 g/mol. The highest BCUT2D eigenvalue weighted by Crippen LogP contribution is 2.30. The molecule has 0 bridgehead atoms. The van der Waals surface area contributed by atoms with Crippen LogP contribution in [0.15, 0.2) is 48.0 Å². The second-order valence-electron chi connectivity index (χ2n) is 6.60. The highest BCUT2D eigenvalue weighted by atomic mass is 32.1. The van der Waals surface area contributed by atoms with Crippen molar-refractivity contribution in [3.63, 3.8) is 0 Å². The Hall–Kier alpha value is -3.07. The first kappa shape index (κ1) is 19.3. The van der Waals surface area contributed by atoms with Crippen LogP contribution >= 0.6 is 11.3 Å². The van der Waals surface area contributed by atoms with Crippen molar-refractivity contribution in [2.75, 3.05) is 18.0 Å². The quantitative estimate of drug-likeness (QED) is 0.637. The highest BCUT2D eigenvalue weighted by molar-refractivity contribution is 7.13. The molecule has 1 atom stereocenters. The summed E-state index contributed by atoms with van der Waals surface area (Å²) < 4.78 is 31.1. The zero-order chi connectivity index (χ0) is 20.4. The molecular weight excluding hydrogens is 400 g/mol. The molecule has 0 spiro atoms. The van der Waals surface area contributed by atoms with Gasteiger partial charge in [-0.05, 0) is 18.2 Å². The predicted octanol–water partition coefficient (Wildman–Crippen LogP) is 4.50. The maximum absolute atomic E-state index is 12.6. The Morgan fingerprint density at radius 2 is 2.17 bits per heavy atom. The minimum absolute atomic E-state index is 0.0374. The van der Waals surface area contributed by atoms with Gasteiger partial charge in [0.25, 0.3) is 6.43 Å². The van der Waals surface area contributed by atoms with E-state index in [2.05, 4.69) is 14.9 Å². The lowest BCUT2D eigenvalue weighted by Crippen LogP contribution is -2.24. The third-order valence-corrected chi connectivity index (χ3v) is 5.52.